The van der Waals surface area contributed by atoms with E-state index in [1.807, 2.05) is 6.92 Å². The van der Waals surface area contributed by atoms with Gasteiger partial charge in [0.2, 0.25) is 6.41 Å². The summed E-state index contributed by atoms with van der Waals surface area (Å²) >= 11 is 0. The zero-order valence-corrected chi connectivity index (χ0v) is 7.77. The number of amides is 1. The molecule has 0 aliphatic heterocycles. The molecule has 0 aliphatic carbocycles. The van der Waals surface area contributed by atoms with Gasteiger partial charge < -0.3 is 10.0 Å². The van der Waals surface area contributed by atoms with E-state index in [2.05, 4.69) is 0 Å². The van der Waals surface area contributed by atoms with E-state index in [0.29, 0.717) is 0 Å². The van der Waals surface area contributed by atoms with Crippen molar-refractivity contribution in [2.45, 2.75) is 13.0 Å². The predicted octanol–water partition coefficient (Wildman–Crippen LogP) is 1.54. The molecule has 1 aromatic carbocycles. The first-order valence-corrected chi connectivity index (χ1v) is 4.11. The summed E-state index contributed by atoms with van der Waals surface area (Å²) in [5.74, 6) is 0.240. The van der Waals surface area contributed by atoms with Gasteiger partial charge in [-0.05, 0) is 24.6 Å². The molecule has 13 heavy (non-hydrogen) atoms. The fraction of sp³-hybridized carbons (Fsp3) is 0.300. The SMILES string of the molecule is CC(c1ccc(O)cc1)N(C)C=O. The molecule has 1 amide bonds. The molecule has 0 spiro atoms. The molecular formula is C10H13NO2. The van der Waals surface area contributed by atoms with Crippen LogP contribution in [0.5, 0.6) is 5.75 Å². The molecule has 0 heterocycles. The first-order valence-electron chi connectivity index (χ1n) is 4.11. The van der Waals surface area contributed by atoms with Crippen molar-refractivity contribution in [3.8, 4) is 5.75 Å². The quantitative estimate of drug-likeness (QED) is 0.715. The van der Waals surface area contributed by atoms with E-state index < -0.39 is 0 Å². The third-order valence-electron chi connectivity index (χ3n) is 2.15. The average molecular weight is 179 g/mol. The van der Waals surface area contributed by atoms with Crippen molar-refractivity contribution in [3.05, 3.63) is 29.8 Å². The van der Waals surface area contributed by atoms with E-state index in [9.17, 15) is 4.79 Å². The zero-order valence-electron chi connectivity index (χ0n) is 7.77. The van der Waals surface area contributed by atoms with Crippen LogP contribution in [-0.2, 0) is 4.79 Å². The number of carbonyl (C=O) groups excluding carboxylic acids is 1. The number of nitrogens with zero attached hydrogens (tertiary/aromatic N) is 1. The van der Waals surface area contributed by atoms with Crippen LogP contribution in [0.1, 0.15) is 18.5 Å². The zero-order chi connectivity index (χ0) is 9.84. The summed E-state index contributed by atoms with van der Waals surface area (Å²) in [5, 5.41) is 9.05. The van der Waals surface area contributed by atoms with Gasteiger partial charge in [0.05, 0.1) is 6.04 Å². The molecule has 1 atom stereocenters. The molecule has 1 unspecified atom stereocenters. The maximum atomic E-state index is 10.5. The Morgan fingerprint density at radius 2 is 1.92 bits per heavy atom. The fourth-order valence-corrected chi connectivity index (χ4v) is 1.08. The molecule has 70 valence electrons. The van der Waals surface area contributed by atoms with Crippen LogP contribution in [0.2, 0.25) is 0 Å². The molecule has 0 saturated heterocycles. The highest BCUT2D eigenvalue weighted by Gasteiger charge is 2.08. The Morgan fingerprint density at radius 3 is 2.38 bits per heavy atom. The van der Waals surface area contributed by atoms with E-state index in [1.165, 1.54) is 0 Å². The van der Waals surface area contributed by atoms with Gasteiger partial charge in [0.25, 0.3) is 0 Å². The van der Waals surface area contributed by atoms with Gasteiger partial charge in [0, 0.05) is 7.05 Å². The van der Waals surface area contributed by atoms with Crippen molar-refractivity contribution >= 4 is 6.41 Å². The lowest BCUT2D eigenvalue weighted by molar-refractivity contribution is -0.118. The number of aromatic hydroxyl groups is 1. The summed E-state index contributed by atoms with van der Waals surface area (Å²) in [6.07, 6.45) is 0.789. The second kappa shape index (κ2) is 3.94. The second-order valence-corrected chi connectivity index (χ2v) is 3.04. The van der Waals surface area contributed by atoms with Crippen molar-refractivity contribution in [1.29, 1.82) is 0 Å². The number of carbonyl (C=O) groups is 1. The van der Waals surface area contributed by atoms with Gasteiger partial charge >= 0.3 is 0 Å². The summed E-state index contributed by atoms with van der Waals surface area (Å²) in [7, 11) is 1.73. The number of phenols is 1. The number of rotatable bonds is 3. The molecule has 1 N–H and O–H groups in total. The van der Waals surface area contributed by atoms with E-state index in [0.717, 1.165) is 12.0 Å². The van der Waals surface area contributed by atoms with Crippen LogP contribution in [0.25, 0.3) is 0 Å². The minimum atomic E-state index is 0.0399. The van der Waals surface area contributed by atoms with Gasteiger partial charge in [0.1, 0.15) is 5.75 Å². The largest absolute Gasteiger partial charge is 0.508 e. The monoisotopic (exact) mass is 179 g/mol. The molecule has 3 heteroatoms. The highest BCUT2D eigenvalue weighted by atomic mass is 16.3. The highest BCUT2D eigenvalue weighted by molar-refractivity contribution is 5.48. The van der Waals surface area contributed by atoms with Gasteiger partial charge in [-0.15, -0.1) is 0 Å². The van der Waals surface area contributed by atoms with E-state index in [1.54, 1.807) is 36.2 Å². The minimum Gasteiger partial charge on any atom is -0.508 e. The van der Waals surface area contributed by atoms with E-state index >= 15 is 0 Å². The van der Waals surface area contributed by atoms with Gasteiger partial charge in [-0.25, -0.2) is 0 Å². The fourth-order valence-electron chi connectivity index (χ4n) is 1.08. The first-order chi connectivity index (χ1) is 6.15. The van der Waals surface area contributed by atoms with Crippen molar-refractivity contribution < 1.29 is 9.90 Å². The average Bonchev–Trinajstić information content (AvgIpc) is 2.17. The summed E-state index contributed by atoms with van der Waals surface area (Å²) < 4.78 is 0. The summed E-state index contributed by atoms with van der Waals surface area (Å²) in [6.45, 7) is 1.93. The molecule has 0 radical (unpaired) electrons. The van der Waals surface area contributed by atoms with Gasteiger partial charge in [-0.2, -0.15) is 0 Å². The molecule has 0 fully saturated rings. The Kier molecular flexibility index (Phi) is 2.90. The Hall–Kier alpha value is -1.51. The van der Waals surface area contributed by atoms with Crippen LogP contribution < -0.4 is 0 Å². The normalized spacial score (nSPS) is 12.2. The number of phenolic OH excluding ortho intramolecular Hbond substituents is 1. The Labute approximate surface area is 77.6 Å². The van der Waals surface area contributed by atoms with Crippen LogP contribution in [0.4, 0.5) is 0 Å². The third kappa shape index (κ3) is 2.21. The molecular weight excluding hydrogens is 166 g/mol. The number of hydrogen-bond donors (Lipinski definition) is 1. The first kappa shape index (κ1) is 9.58. The lowest BCUT2D eigenvalue weighted by atomic mass is 10.1. The van der Waals surface area contributed by atoms with Crippen molar-refractivity contribution in [3.63, 3.8) is 0 Å². The molecule has 0 bridgehead atoms. The predicted molar refractivity (Wildman–Crippen MR) is 50.3 cm³/mol. The lowest BCUT2D eigenvalue weighted by Gasteiger charge is -2.20. The highest BCUT2D eigenvalue weighted by Crippen LogP contribution is 2.19. The van der Waals surface area contributed by atoms with Crippen LogP contribution in [0.15, 0.2) is 24.3 Å². The maximum absolute atomic E-state index is 10.5. The molecule has 0 aliphatic rings. The standard InChI is InChI=1S/C10H13NO2/c1-8(11(2)7-12)9-3-5-10(13)6-4-9/h3-8,13H,1-2H3. The topological polar surface area (TPSA) is 40.5 Å². The smallest absolute Gasteiger partial charge is 0.209 e. The molecule has 3 nitrogen and oxygen atoms in total. The van der Waals surface area contributed by atoms with E-state index in [4.69, 9.17) is 5.11 Å². The van der Waals surface area contributed by atoms with Crippen LogP contribution >= 0.6 is 0 Å². The molecule has 0 saturated carbocycles. The summed E-state index contributed by atoms with van der Waals surface area (Å²) in [6, 6.07) is 6.88. The molecule has 0 aromatic heterocycles. The maximum Gasteiger partial charge on any atom is 0.209 e. The van der Waals surface area contributed by atoms with Crippen molar-refractivity contribution in [2.75, 3.05) is 7.05 Å². The second-order valence-electron chi connectivity index (χ2n) is 3.04. The van der Waals surface area contributed by atoms with Gasteiger partial charge in [0.15, 0.2) is 0 Å². The molecule has 1 aromatic rings. The summed E-state index contributed by atoms with van der Waals surface area (Å²) in [5.41, 5.74) is 1.01. The van der Waals surface area contributed by atoms with Crippen molar-refractivity contribution in [2.24, 2.45) is 0 Å². The Balaban J connectivity index is 2.82. The van der Waals surface area contributed by atoms with Crippen molar-refractivity contribution in [1.82, 2.24) is 4.90 Å². The molecule has 1 rings (SSSR count). The third-order valence-corrected chi connectivity index (χ3v) is 2.15. The van der Waals surface area contributed by atoms with E-state index in [-0.39, 0.29) is 11.8 Å². The summed E-state index contributed by atoms with van der Waals surface area (Å²) in [4.78, 5) is 12.0. The minimum absolute atomic E-state index is 0.0399. The van der Waals surface area contributed by atoms with Gasteiger partial charge in [-0.3, -0.25) is 4.79 Å². The van der Waals surface area contributed by atoms with Crippen LogP contribution in [0.3, 0.4) is 0 Å². The number of benzene rings is 1. The number of hydrogen-bond acceptors (Lipinski definition) is 2. The van der Waals surface area contributed by atoms with Gasteiger partial charge in [-0.1, -0.05) is 12.1 Å². The Bertz CT molecular complexity index is 281. The van der Waals surface area contributed by atoms with Crippen LogP contribution in [-0.4, -0.2) is 23.5 Å². The van der Waals surface area contributed by atoms with Crippen LogP contribution in [0, 0.1) is 0 Å². The Morgan fingerprint density at radius 1 is 1.38 bits per heavy atom. The lowest BCUT2D eigenvalue weighted by Crippen LogP contribution is -2.20.